The molecule has 2 bridgehead atoms. The van der Waals surface area contributed by atoms with E-state index in [0.29, 0.717) is 17.9 Å². The standard InChI is InChI=1S/C31H30N2O3/c1-20(22-12-7-9-15-26(22)36-2)28(34)33-29(35)31-19-32-18-27(31)30(21-10-4-3-5-11-21)17-16-25(31)23-13-6-8-14-24(23)30/h3-15,25,27,32H,1,16-19H2,2H3,(H,33,34,35). The van der Waals surface area contributed by atoms with Crippen LogP contribution in [0, 0.1) is 11.3 Å². The van der Waals surface area contributed by atoms with E-state index in [9.17, 15) is 9.59 Å². The fourth-order valence-electron chi connectivity index (χ4n) is 7.42. The molecule has 2 fully saturated rings. The first-order valence-electron chi connectivity index (χ1n) is 12.6. The second kappa shape index (κ2) is 8.45. The predicted octanol–water partition coefficient (Wildman–Crippen LogP) is 4.43. The van der Waals surface area contributed by atoms with Crippen molar-refractivity contribution in [2.75, 3.05) is 20.2 Å². The maximum atomic E-state index is 14.2. The zero-order valence-electron chi connectivity index (χ0n) is 20.4. The minimum atomic E-state index is -0.723. The predicted molar refractivity (Wildman–Crippen MR) is 140 cm³/mol. The van der Waals surface area contributed by atoms with Crippen LogP contribution in [0.3, 0.4) is 0 Å². The number of fused-ring (bicyclic) bond motifs is 1. The Kier molecular flexibility index (Phi) is 5.34. The van der Waals surface area contributed by atoms with Gasteiger partial charge in [0.15, 0.2) is 0 Å². The van der Waals surface area contributed by atoms with Crippen molar-refractivity contribution in [2.45, 2.75) is 24.2 Å². The van der Waals surface area contributed by atoms with Crippen LogP contribution in [0.15, 0.2) is 85.4 Å². The molecule has 7 rings (SSSR count). The quantitative estimate of drug-likeness (QED) is 0.533. The summed E-state index contributed by atoms with van der Waals surface area (Å²) in [7, 11) is 1.56. The molecule has 3 aromatic carbocycles. The number of rotatable bonds is 5. The van der Waals surface area contributed by atoms with Crippen molar-refractivity contribution in [3.05, 3.63) is 108 Å². The smallest absolute Gasteiger partial charge is 0.257 e. The van der Waals surface area contributed by atoms with E-state index >= 15 is 0 Å². The molecule has 0 spiro atoms. The number of ether oxygens (including phenoxy) is 1. The lowest BCUT2D eigenvalue weighted by atomic mass is 9.42. The maximum Gasteiger partial charge on any atom is 0.257 e. The fraction of sp³-hybridized carbons (Fsp3) is 0.290. The van der Waals surface area contributed by atoms with Crippen LogP contribution in [-0.4, -0.2) is 32.0 Å². The van der Waals surface area contributed by atoms with Crippen LogP contribution in [-0.2, 0) is 15.0 Å². The highest BCUT2D eigenvalue weighted by atomic mass is 16.5. The molecule has 2 N–H and O–H groups in total. The molecule has 36 heavy (non-hydrogen) atoms. The highest BCUT2D eigenvalue weighted by molar-refractivity contribution is 6.24. The zero-order chi connectivity index (χ0) is 24.9. The Morgan fingerprint density at radius 2 is 1.72 bits per heavy atom. The lowest BCUT2D eigenvalue weighted by molar-refractivity contribution is -0.141. The van der Waals surface area contributed by atoms with Crippen LogP contribution < -0.4 is 15.4 Å². The van der Waals surface area contributed by atoms with Crippen molar-refractivity contribution in [1.82, 2.24) is 10.6 Å². The summed E-state index contributed by atoms with van der Waals surface area (Å²) in [4.78, 5) is 27.6. The first kappa shape index (κ1) is 22.7. The first-order valence-corrected chi connectivity index (χ1v) is 12.6. The molecule has 0 aromatic heterocycles. The lowest BCUT2D eigenvalue weighted by Gasteiger charge is -2.60. The van der Waals surface area contributed by atoms with E-state index in [0.717, 1.165) is 19.4 Å². The molecule has 5 nitrogen and oxygen atoms in total. The van der Waals surface area contributed by atoms with Gasteiger partial charge in [0.05, 0.1) is 12.5 Å². The van der Waals surface area contributed by atoms with Gasteiger partial charge in [-0.3, -0.25) is 14.9 Å². The Morgan fingerprint density at radius 1 is 1.00 bits per heavy atom. The average molecular weight is 479 g/mol. The van der Waals surface area contributed by atoms with Gasteiger partial charge < -0.3 is 10.1 Å². The van der Waals surface area contributed by atoms with E-state index < -0.39 is 11.3 Å². The van der Waals surface area contributed by atoms with Crippen molar-refractivity contribution < 1.29 is 14.3 Å². The Labute approximate surface area is 211 Å². The van der Waals surface area contributed by atoms with Crippen molar-refractivity contribution in [3.8, 4) is 5.75 Å². The molecule has 1 saturated carbocycles. The SMILES string of the molecule is C=C(C(=O)NC(=O)C12CNCC1C1(c3ccccc3)CCC2c2ccccc21)c1ccccc1OC. The maximum absolute atomic E-state index is 14.2. The molecular formula is C31H30N2O3. The van der Waals surface area contributed by atoms with Gasteiger partial charge >= 0.3 is 0 Å². The molecule has 3 aromatic rings. The minimum Gasteiger partial charge on any atom is -0.496 e. The third-order valence-corrected chi connectivity index (χ3v) is 8.89. The number of nitrogens with one attached hydrogen (secondary N) is 2. The highest BCUT2D eigenvalue weighted by Crippen LogP contribution is 2.67. The van der Waals surface area contributed by atoms with Crippen LogP contribution in [0.25, 0.3) is 5.57 Å². The van der Waals surface area contributed by atoms with Gasteiger partial charge in [0.2, 0.25) is 5.91 Å². The highest BCUT2D eigenvalue weighted by Gasteiger charge is 2.68. The van der Waals surface area contributed by atoms with Gasteiger partial charge in [-0.25, -0.2) is 0 Å². The third kappa shape index (κ3) is 2.99. The minimum absolute atomic E-state index is 0.0355. The van der Waals surface area contributed by atoms with Crippen LogP contribution in [0.4, 0.5) is 0 Å². The van der Waals surface area contributed by atoms with Crippen LogP contribution in [0.2, 0.25) is 0 Å². The molecule has 1 heterocycles. The Bertz CT molecular complexity index is 1370. The van der Waals surface area contributed by atoms with Gasteiger partial charge in [-0.05, 0) is 35.6 Å². The number of benzene rings is 3. The van der Waals surface area contributed by atoms with Crippen molar-refractivity contribution >= 4 is 17.4 Å². The normalized spacial score (nSPS) is 27.6. The lowest BCUT2D eigenvalue weighted by Crippen LogP contribution is -2.63. The summed E-state index contributed by atoms with van der Waals surface area (Å²) in [6.07, 6.45) is 1.89. The first-order chi connectivity index (χ1) is 17.5. The van der Waals surface area contributed by atoms with E-state index in [1.807, 2.05) is 18.2 Å². The number of methoxy groups -OCH3 is 1. The number of amides is 2. The van der Waals surface area contributed by atoms with E-state index in [1.165, 1.54) is 16.7 Å². The fourth-order valence-corrected chi connectivity index (χ4v) is 7.42. The molecule has 4 aliphatic rings. The summed E-state index contributed by atoms with van der Waals surface area (Å²) in [6, 6.07) is 26.4. The summed E-state index contributed by atoms with van der Waals surface area (Å²) < 4.78 is 5.41. The van der Waals surface area contributed by atoms with E-state index in [4.69, 9.17) is 4.74 Å². The number of imide groups is 1. The van der Waals surface area contributed by atoms with E-state index in [1.54, 1.807) is 19.2 Å². The Hall–Kier alpha value is -3.70. The number of para-hydroxylation sites is 1. The Balaban J connectivity index is 1.42. The van der Waals surface area contributed by atoms with Gasteiger partial charge in [-0.15, -0.1) is 0 Å². The molecule has 182 valence electrons. The average Bonchev–Trinajstić information content (AvgIpc) is 3.41. The summed E-state index contributed by atoms with van der Waals surface area (Å²) in [5.41, 5.74) is 3.60. The number of hydrogen-bond acceptors (Lipinski definition) is 4. The van der Waals surface area contributed by atoms with Gasteiger partial charge in [0, 0.05) is 41.5 Å². The summed E-state index contributed by atoms with van der Waals surface area (Å²) in [5.74, 6) is -0.0524. The molecular weight excluding hydrogens is 448 g/mol. The summed E-state index contributed by atoms with van der Waals surface area (Å²) in [6.45, 7) is 5.28. The third-order valence-electron chi connectivity index (χ3n) is 8.89. The van der Waals surface area contributed by atoms with Crippen LogP contribution in [0.5, 0.6) is 5.75 Å². The summed E-state index contributed by atoms with van der Waals surface area (Å²) in [5, 5.41) is 6.33. The van der Waals surface area contributed by atoms with Gasteiger partial charge in [-0.1, -0.05) is 79.4 Å². The molecule has 1 aliphatic heterocycles. The monoisotopic (exact) mass is 478 g/mol. The van der Waals surface area contributed by atoms with Crippen LogP contribution in [0.1, 0.15) is 41.0 Å². The van der Waals surface area contributed by atoms with Crippen molar-refractivity contribution in [2.24, 2.45) is 11.3 Å². The molecule has 0 radical (unpaired) electrons. The summed E-state index contributed by atoms with van der Waals surface area (Å²) >= 11 is 0. The number of hydrogen-bond donors (Lipinski definition) is 2. The molecule has 5 heteroatoms. The second-order valence-corrected chi connectivity index (χ2v) is 10.2. The van der Waals surface area contributed by atoms with Gasteiger partial charge in [-0.2, -0.15) is 0 Å². The molecule has 3 aliphatic carbocycles. The van der Waals surface area contributed by atoms with Crippen molar-refractivity contribution in [1.29, 1.82) is 0 Å². The van der Waals surface area contributed by atoms with Gasteiger partial charge in [0.1, 0.15) is 5.75 Å². The molecule has 4 atom stereocenters. The van der Waals surface area contributed by atoms with Crippen LogP contribution >= 0.6 is 0 Å². The number of carbonyl (C=O) groups excluding carboxylic acids is 2. The molecule has 2 amide bonds. The van der Waals surface area contributed by atoms with E-state index in [2.05, 4.69) is 65.7 Å². The second-order valence-electron chi connectivity index (χ2n) is 10.2. The van der Waals surface area contributed by atoms with Gasteiger partial charge in [0.25, 0.3) is 5.91 Å². The molecule has 4 unspecified atom stereocenters. The van der Waals surface area contributed by atoms with Crippen molar-refractivity contribution in [3.63, 3.8) is 0 Å². The topological polar surface area (TPSA) is 67.4 Å². The zero-order valence-corrected chi connectivity index (χ0v) is 20.4. The Morgan fingerprint density at radius 3 is 2.53 bits per heavy atom. The largest absolute Gasteiger partial charge is 0.496 e. The number of carbonyl (C=O) groups is 2. The van der Waals surface area contributed by atoms with E-state index in [-0.39, 0.29) is 28.7 Å². The molecule has 1 saturated heterocycles.